The van der Waals surface area contributed by atoms with Crippen molar-refractivity contribution in [3.63, 3.8) is 0 Å². The number of hydrogen-bond donors (Lipinski definition) is 2. The van der Waals surface area contributed by atoms with E-state index in [1.807, 2.05) is 11.4 Å². The van der Waals surface area contributed by atoms with E-state index in [9.17, 15) is 4.79 Å². The Morgan fingerprint density at radius 3 is 3.11 bits per heavy atom. The van der Waals surface area contributed by atoms with E-state index in [0.717, 1.165) is 9.35 Å². The van der Waals surface area contributed by atoms with Gasteiger partial charge in [0.2, 0.25) is 17.6 Å². The number of carbonyl (C=O) groups excluding carboxylic acids is 1. The summed E-state index contributed by atoms with van der Waals surface area (Å²) in [4.78, 5) is 16.3. The number of rotatable bonds is 2. The van der Waals surface area contributed by atoms with Crippen LogP contribution < -0.4 is 10.6 Å². The van der Waals surface area contributed by atoms with Gasteiger partial charge in [0.05, 0.1) is 11.4 Å². The maximum absolute atomic E-state index is 11.0. The highest BCUT2D eigenvalue weighted by Gasteiger charge is 2.24. The maximum atomic E-state index is 11.0. The van der Waals surface area contributed by atoms with Gasteiger partial charge in [-0.3, -0.25) is 10.1 Å². The Balaban J connectivity index is 1.79. The Bertz CT molecular complexity index is 572. The minimum Gasteiger partial charge on any atom is -0.353 e. The van der Waals surface area contributed by atoms with Gasteiger partial charge in [-0.1, -0.05) is 5.16 Å². The monoisotopic (exact) mass is 328 g/mol. The molecule has 18 heavy (non-hydrogen) atoms. The third kappa shape index (κ3) is 2.31. The summed E-state index contributed by atoms with van der Waals surface area (Å²) in [7, 11) is 0. The number of aromatic nitrogens is 2. The number of carbonyl (C=O) groups is 1. The molecule has 1 unspecified atom stereocenters. The smallest absolute Gasteiger partial charge is 0.245 e. The van der Waals surface area contributed by atoms with Gasteiger partial charge in [0.15, 0.2) is 0 Å². The Labute approximate surface area is 115 Å². The molecule has 1 atom stereocenters. The molecule has 3 heterocycles. The van der Waals surface area contributed by atoms with Gasteiger partial charge in [-0.2, -0.15) is 4.98 Å². The van der Waals surface area contributed by atoms with Crippen molar-refractivity contribution in [2.24, 2.45) is 0 Å². The summed E-state index contributed by atoms with van der Waals surface area (Å²) in [6, 6.07) is 1.82. The second-order valence-electron chi connectivity index (χ2n) is 3.82. The molecule has 2 aromatic rings. The Kier molecular flexibility index (Phi) is 3.14. The van der Waals surface area contributed by atoms with Gasteiger partial charge in [-0.15, -0.1) is 11.3 Å². The molecule has 8 heteroatoms. The molecule has 0 radical (unpaired) electrons. The predicted molar refractivity (Wildman–Crippen MR) is 69.1 cm³/mol. The zero-order valence-corrected chi connectivity index (χ0v) is 11.5. The topological polar surface area (TPSA) is 80.1 Å². The summed E-state index contributed by atoms with van der Waals surface area (Å²) in [6.45, 7) is 0.738. The molecule has 0 bridgehead atoms. The van der Waals surface area contributed by atoms with Crippen LogP contribution in [-0.4, -0.2) is 29.1 Å². The third-order valence-corrected chi connectivity index (χ3v) is 4.23. The summed E-state index contributed by atoms with van der Waals surface area (Å²) in [5, 5.41) is 11.7. The van der Waals surface area contributed by atoms with Crippen LogP contribution in [0.5, 0.6) is 0 Å². The lowest BCUT2D eigenvalue weighted by atomic mass is 10.2. The average molecular weight is 329 g/mol. The van der Waals surface area contributed by atoms with Crippen LogP contribution in [-0.2, 0) is 4.79 Å². The number of amides is 1. The molecule has 0 aliphatic carbocycles. The molecule has 2 N–H and O–H groups in total. The summed E-state index contributed by atoms with van der Waals surface area (Å²) in [5.74, 6) is 1.04. The number of halogens is 1. The Morgan fingerprint density at radius 1 is 1.56 bits per heavy atom. The van der Waals surface area contributed by atoms with E-state index in [2.05, 4.69) is 36.7 Å². The second kappa shape index (κ2) is 4.79. The Hall–Kier alpha value is -1.25. The highest BCUT2D eigenvalue weighted by Crippen LogP contribution is 2.28. The molecular weight excluding hydrogens is 320 g/mol. The largest absolute Gasteiger partial charge is 0.353 e. The van der Waals surface area contributed by atoms with Gasteiger partial charge >= 0.3 is 0 Å². The Morgan fingerprint density at radius 2 is 2.44 bits per heavy atom. The number of hydrogen-bond acceptors (Lipinski definition) is 6. The van der Waals surface area contributed by atoms with Crippen molar-refractivity contribution in [2.45, 2.75) is 6.04 Å². The average Bonchev–Trinajstić information content (AvgIpc) is 2.98. The molecule has 2 aromatic heterocycles. The van der Waals surface area contributed by atoms with E-state index in [0.29, 0.717) is 18.3 Å². The molecule has 1 aliphatic rings. The number of nitrogens with zero attached hydrogens (tertiary/aromatic N) is 2. The van der Waals surface area contributed by atoms with E-state index in [-0.39, 0.29) is 18.5 Å². The minimum absolute atomic E-state index is 0.0202. The molecule has 1 aliphatic heterocycles. The highest BCUT2D eigenvalue weighted by molar-refractivity contribution is 9.10. The predicted octanol–water partition coefficient (Wildman–Crippen LogP) is 1.32. The van der Waals surface area contributed by atoms with E-state index in [1.165, 1.54) is 0 Å². The van der Waals surface area contributed by atoms with Crippen molar-refractivity contribution in [3.8, 4) is 10.7 Å². The van der Waals surface area contributed by atoms with Crippen LogP contribution in [0.25, 0.3) is 10.7 Å². The van der Waals surface area contributed by atoms with Gasteiger partial charge in [0.1, 0.15) is 6.04 Å². The highest BCUT2D eigenvalue weighted by atomic mass is 79.9. The van der Waals surface area contributed by atoms with Gasteiger partial charge in [0, 0.05) is 16.4 Å². The standard InChI is InChI=1S/C10H9BrN4O2S/c11-5-1-7(18-4-5)9-14-10(17-15-9)6-2-13-8(16)3-12-6/h1,4,6,12H,2-3H2,(H,13,16). The van der Waals surface area contributed by atoms with E-state index in [4.69, 9.17) is 4.52 Å². The van der Waals surface area contributed by atoms with E-state index in [1.54, 1.807) is 11.3 Å². The first-order valence-corrected chi connectivity index (χ1v) is 6.98. The van der Waals surface area contributed by atoms with Crippen molar-refractivity contribution < 1.29 is 9.32 Å². The van der Waals surface area contributed by atoms with Gasteiger partial charge in [-0.05, 0) is 22.0 Å². The minimum atomic E-state index is -0.118. The quantitative estimate of drug-likeness (QED) is 0.869. The first-order chi connectivity index (χ1) is 8.72. The normalized spacial score (nSPS) is 19.8. The molecule has 0 spiro atoms. The number of thiophene rings is 1. The van der Waals surface area contributed by atoms with Gasteiger partial charge in [-0.25, -0.2) is 0 Å². The van der Waals surface area contributed by atoms with Crippen LogP contribution in [0, 0.1) is 0 Å². The van der Waals surface area contributed by atoms with Crippen molar-refractivity contribution in [3.05, 3.63) is 21.8 Å². The number of nitrogens with one attached hydrogen (secondary N) is 2. The molecule has 3 rings (SSSR count). The maximum Gasteiger partial charge on any atom is 0.245 e. The molecule has 94 valence electrons. The van der Waals surface area contributed by atoms with Crippen molar-refractivity contribution in [1.82, 2.24) is 20.8 Å². The summed E-state index contributed by atoms with van der Waals surface area (Å²) >= 11 is 4.92. The zero-order chi connectivity index (χ0) is 12.5. The fourth-order valence-corrected chi connectivity index (χ4v) is 3.00. The zero-order valence-electron chi connectivity index (χ0n) is 9.14. The first kappa shape index (κ1) is 11.8. The van der Waals surface area contributed by atoms with E-state index >= 15 is 0 Å². The molecule has 1 fully saturated rings. The van der Waals surface area contributed by atoms with Crippen LogP contribution in [0.15, 0.2) is 20.4 Å². The molecule has 6 nitrogen and oxygen atoms in total. The van der Waals surface area contributed by atoms with Crippen LogP contribution in [0.3, 0.4) is 0 Å². The fourth-order valence-electron chi connectivity index (χ4n) is 1.65. The lowest BCUT2D eigenvalue weighted by Crippen LogP contribution is -2.47. The summed E-state index contributed by atoms with van der Waals surface area (Å²) in [5.41, 5.74) is 0. The fraction of sp³-hybridized carbons (Fsp3) is 0.300. The van der Waals surface area contributed by atoms with Crippen LogP contribution >= 0.6 is 27.3 Å². The van der Waals surface area contributed by atoms with Crippen molar-refractivity contribution >= 4 is 33.2 Å². The molecule has 0 aromatic carbocycles. The SMILES string of the molecule is O=C1CNC(c2nc(-c3cc(Br)cs3)no2)CN1. The summed E-state index contributed by atoms with van der Waals surface area (Å²) < 4.78 is 6.22. The first-order valence-electron chi connectivity index (χ1n) is 5.30. The third-order valence-electron chi connectivity index (χ3n) is 2.54. The number of piperazine rings is 1. The lowest BCUT2D eigenvalue weighted by Gasteiger charge is -2.20. The van der Waals surface area contributed by atoms with Crippen LogP contribution in [0.2, 0.25) is 0 Å². The van der Waals surface area contributed by atoms with Crippen molar-refractivity contribution in [1.29, 1.82) is 0 Å². The van der Waals surface area contributed by atoms with E-state index < -0.39 is 0 Å². The second-order valence-corrected chi connectivity index (χ2v) is 5.65. The lowest BCUT2D eigenvalue weighted by molar-refractivity contribution is -0.121. The molecule has 1 amide bonds. The molecule has 0 saturated carbocycles. The van der Waals surface area contributed by atoms with Crippen LogP contribution in [0.4, 0.5) is 0 Å². The molecular formula is C10H9BrN4O2S. The molecule has 1 saturated heterocycles. The van der Waals surface area contributed by atoms with Gasteiger partial charge in [0.25, 0.3) is 0 Å². The van der Waals surface area contributed by atoms with Crippen LogP contribution in [0.1, 0.15) is 11.9 Å². The van der Waals surface area contributed by atoms with Crippen molar-refractivity contribution in [2.75, 3.05) is 13.1 Å². The van der Waals surface area contributed by atoms with Gasteiger partial charge < -0.3 is 9.84 Å². The summed E-state index contributed by atoms with van der Waals surface area (Å²) in [6.07, 6.45) is 0.